The third-order valence-corrected chi connectivity index (χ3v) is 4.34. The molecule has 0 saturated carbocycles. The minimum atomic E-state index is -0.507. The Morgan fingerprint density at radius 1 is 1.26 bits per heavy atom. The van der Waals surface area contributed by atoms with Crippen molar-refractivity contribution in [1.29, 1.82) is 0 Å². The number of imidazole rings is 1. The first-order valence-corrected chi connectivity index (χ1v) is 10.7. The Kier molecular flexibility index (Phi) is 6.73. The molecule has 2 heterocycles. The number of nitrogens with one attached hydrogen (secondary N) is 1. The van der Waals surface area contributed by atoms with Crippen LogP contribution in [0.3, 0.4) is 0 Å². The summed E-state index contributed by atoms with van der Waals surface area (Å²) >= 11 is 2.94. The van der Waals surface area contributed by atoms with Crippen LogP contribution in [0.1, 0.15) is 52.9 Å². The van der Waals surface area contributed by atoms with Crippen molar-refractivity contribution in [3.8, 4) is 11.3 Å². The molecular formula is C21H30BrN3O2. The number of aromatic amines is 1. The second-order valence-corrected chi connectivity index (χ2v) is 8.54. The summed E-state index contributed by atoms with van der Waals surface area (Å²) < 4.78 is 5.60. The number of ether oxygens (including phenoxy) is 1. The van der Waals surface area contributed by atoms with Gasteiger partial charge in [-0.1, -0.05) is 60.1 Å². The number of rotatable bonds is 2. The smallest absolute Gasteiger partial charge is 0.410 e. The lowest BCUT2D eigenvalue weighted by atomic mass is 9.90. The van der Waals surface area contributed by atoms with Crippen LogP contribution in [0.15, 0.2) is 36.5 Å². The minimum Gasteiger partial charge on any atom is -0.444 e. The van der Waals surface area contributed by atoms with Crippen molar-refractivity contribution in [2.45, 2.75) is 52.7 Å². The van der Waals surface area contributed by atoms with Crippen molar-refractivity contribution < 1.29 is 9.53 Å². The van der Waals surface area contributed by atoms with E-state index < -0.39 is 5.60 Å². The van der Waals surface area contributed by atoms with Gasteiger partial charge in [-0.3, -0.25) is 4.90 Å². The molecule has 6 heteroatoms. The maximum atomic E-state index is 12.7. The number of likely N-dealkylation sites (tertiary alicyclic amines) is 1. The third-order valence-electron chi connectivity index (χ3n) is 4.34. The lowest BCUT2D eigenvalue weighted by molar-refractivity contribution is 0.0207. The first-order chi connectivity index (χ1) is 12.6. The molecule has 3 rings (SSSR count). The Morgan fingerprint density at radius 2 is 1.89 bits per heavy atom. The summed E-state index contributed by atoms with van der Waals surface area (Å²) in [7, 11) is 0. The number of hydrogen-bond acceptors (Lipinski definition) is 3. The molecule has 1 atom stereocenters. The highest BCUT2D eigenvalue weighted by atomic mass is 79.9. The average Bonchev–Trinajstić information content (AvgIpc) is 3.20. The second-order valence-electron chi connectivity index (χ2n) is 8.54. The van der Waals surface area contributed by atoms with E-state index >= 15 is 0 Å². The molecule has 1 saturated heterocycles. The van der Waals surface area contributed by atoms with Gasteiger partial charge in [-0.25, -0.2) is 9.78 Å². The number of H-pyrrole nitrogens is 1. The van der Waals surface area contributed by atoms with Crippen molar-refractivity contribution in [2.24, 2.45) is 5.41 Å². The van der Waals surface area contributed by atoms with Gasteiger partial charge in [-0.15, -0.1) is 0 Å². The fourth-order valence-electron chi connectivity index (χ4n) is 3.30. The molecule has 1 aromatic heterocycles. The Balaban J connectivity index is 0.00000126. The summed E-state index contributed by atoms with van der Waals surface area (Å²) in [5.74, 6) is 2.63. The predicted octanol–water partition coefficient (Wildman–Crippen LogP) is 5.80. The third kappa shape index (κ3) is 5.58. The van der Waals surface area contributed by atoms with Crippen molar-refractivity contribution in [1.82, 2.24) is 14.9 Å². The number of hydrogen-bond donors (Lipinski definition) is 1. The number of alkyl halides is 1. The molecule has 2 aromatic rings. The molecule has 5 nitrogen and oxygen atoms in total. The Bertz CT molecular complexity index is 750. The zero-order valence-electron chi connectivity index (χ0n) is 17.0. The fourth-order valence-corrected chi connectivity index (χ4v) is 3.30. The zero-order valence-corrected chi connectivity index (χ0v) is 18.6. The quantitative estimate of drug-likeness (QED) is 0.606. The summed E-state index contributed by atoms with van der Waals surface area (Å²) in [5, 5.41) is 0. The first-order valence-electron chi connectivity index (χ1n) is 9.12. The van der Waals surface area contributed by atoms with Crippen LogP contribution in [0.4, 0.5) is 4.79 Å². The second kappa shape index (κ2) is 8.46. The van der Waals surface area contributed by atoms with Gasteiger partial charge in [0.25, 0.3) is 0 Å². The molecule has 1 aliphatic heterocycles. The van der Waals surface area contributed by atoms with E-state index in [-0.39, 0.29) is 17.6 Å². The number of halogens is 1. The average molecular weight is 436 g/mol. The highest BCUT2D eigenvalue weighted by Gasteiger charge is 2.43. The van der Waals surface area contributed by atoms with Gasteiger partial charge in [-0.05, 0) is 44.0 Å². The summed E-state index contributed by atoms with van der Waals surface area (Å²) in [4.78, 5) is 22.4. The van der Waals surface area contributed by atoms with E-state index in [4.69, 9.17) is 4.74 Å². The van der Waals surface area contributed by atoms with Gasteiger partial charge in [0.15, 0.2) is 0 Å². The molecule has 1 N–H and O–H groups in total. The highest BCUT2D eigenvalue weighted by Crippen LogP contribution is 2.42. The Hall–Kier alpha value is -1.82. The summed E-state index contributed by atoms with van der Waals surface area (Å²) in [6, 6.07) is 9.98. The first kappa shape index (κ1) is 21.5. The largest absolute Gasteiger partial charge is 0.444 e. The molecule has 1 amide bonds. The van der Waals surface area contributed by atoms with Crippen LogP contribution < -0.4 is 0 Å². The number of carbonyl (C=O) groups excluding carboxylic acids is 1. The topological polar surface area (TPSA) is 58.2 Å². The lowest BCUT2D eigenvalue weighted by Crippen LogP contribution is -2.37. The molecule has 27 heavy (non-hydrogen) atoms. The van der Waals surface area contributed by atoms with Crippen molar-refractivity contribution in [3.05, 3.63) is 42.4 Å². The standard InChI is InChI=1S/C20H27N3O2.CH3Br/c1-19(2,3)25-18(24)23-13-20(4,5)11-16(23)17-21-12-15(22-17)14-9-7-6-8-10-14;1-2/h6-10,12,16H,11,13H2,1-5H3,(H,21,22);1H3/t16-;/m0./s1. The minimum absolute atomic E-state index is 0.0290. The lowest BCUT2D eigenvalue weighted by Gasteiger charge is -2.28. The van der Waals surface area contributed by atoms with Gasteiger partial charge in [-0.2, -0.15) is 0 Å². The molecule has 148 valence electrons. The maximum absolute atomic E-state index is 12.7. The number of nitrogens with zero attached hydrogens (tertiary/aromatic N) is 2. The molecule has 0 bridgehead atoms. The van der Waals surface area contributed by atoms with Crippen LogP contribution >= 0.6 is 15.9 Å². The zero-order chi connectivity index (χ0) is 20.2. The molecular weight excluding hydrogens is 406 g/mol. The van der Waals surface area contributed by atoms with Crippen LogP contribution in [0.25, 0.3) is 11.3 Å². The van der Waals surface area contributed by atoms with Crippen molar-refractivity contribution >= 4 is 22.0 Å². The SMILES string of the molecule is CBr.CC1(C)C[C@@H](c2ncc(-c3ccccc3)[nH]2)N(C(=O)OC(C)(C)C)C1. The monoisotopic (exact) mass is 435 g/mol. The summed E-state index contributed by atoms with van der Waals surface area (Å²) in [6.07, 6.45) is 2.41. The van der Waals surface area contributed by atoms with Crippen LogP contribution in [0, 0.1) is 5.41 Å². The normalized spacial score (nSPS) is 18.6. The van der Waals surface area contributed by atoms with Crippen LogP contribution in [-0.4, -0.2) is 38.9 Å². The summed E-state index contributed by atoms with van der Waals surface area (Å²) in [5.41, 5.74) is 1.57. The van der Waals surface area contributed by atoms with Crippen LogP contribution in [0.5, 0.6) is 0 Å². The number of benzene rings is 1. The molecule has 1 aromatic carbocycles. The van der Waals surface area contributed by atoms with E-state index in [0.29, 0.717) is 6.54 Å². The molecule has 0 radical (unpaired) electrons. The van der Waals surface area contributed by atoms with E-state index in [1.807, 2.05) is 63.1 Å². The van der Waals surface area contributed by atoms with Gasteiger partial charge < -0.3 is 9.72 Å². The number of aromatic nitrogens is 2. The summed E-state index contributed by atoms with van der Waals surface area (Å²) in [6.45, 7) is 10.7. The van der Waals surface area contributed by atoms with E-state index in [9.17, 15) is 4.79 Å². The van der Waals surface area contributed by atoms with Gasteiger partial charge in [0, 0.05) is 6.54 Å². The maximum Gasteiger partial charge on any atom is 0.410 e. The van der Waals surface area contributed by atoms with Crippen LogP contribution in [-0.2, 0) is 4.74 Å². The Morgan fingerprint density at radius 3 is 2.48 bits per heavy atom. The van der Waals surface area contributed by atoms with Crippen LogP contribution in [0.2, 0.25) is 0 Å². The highest BCUT2D eigenvalue weighted by molar-refractivity contribution is 9.08. The Labute approximate surface area is 170 Å². The van der Waals surface area contributed by atoms with E-state index in [1.54, 1.807) is 4.90 Å². The van der Waals surface area contributed by atoms with Gasteiger partial charge in [0.05, 0.1) is 17.9 Å². The van der Waals surface area contributed by atoms with Crippen molar-refractivity contribution in [2.75, 3.05) is 12.4 Å². The number of carbonyl (C=O) groups is 1. The molecule has 0 aliphatic carbocycles. The molecule has 1 fully saturated rings. The van der Waals surface area contributed by atoms with Gasteiger partial charge in [0.2, 0.25) is 0 Å². The molecule has 0 spiro atoms. The van der Waals surface area contributed by atoms with E-state index in [0.717, 1.165) is 23.5 Å². The fraction of sp³-hybridized carbons (Fsp3) is 0.524. The van der Waals surface area contributed by atoms with Gasteiger partial charge >= 0.3 is 6.09 Å². The van der Waals surface area contributed by atoms with E-state index in [1.165, 1.54) is 0 Å². The molecule has 0 unspecified atom stereocenters. The van der Waals surface area contributed by atoms with Crippen molar-refractivity contribution in [3.63, 3.8) is 0 Å². The van der Waals surface area contributed by atoms with Gasteiger partial charge in [0.1, 0.15) is 11.4 Å². The predicted molar refractivity (Wildman–Crippen MR) is 113 cm³/mol. The van der Waals surface area contributed by atoms with E-state index in [2.05, 4.69) is 39.7 Å². The number of amides is 1. The molecule has 1 aliphatic rings.